The standard InChI is InChI=1S/C22H36O4/c1-15(10-7-12-21(4,5)25)8-6-9-16(2)11-13-22-18(23)14-17(3)19(24)20(22)26-22/h8,11,14,18-20,23-25H,6-7,9-10,12-13H2,1-5H3/t18-,19-,20+,22-/m1/s1. The molecule has 0 radical (unpaired) electrons. The first-order chi connectivity index (χ1) is 12.0. The summed E-state index contributed by atoms with van der Waals surface area (Å²) in [5.74, 6) is 0. The normalized spacial score (nSPS) is 32.3. The van der Waals surface area contributed by atoms with Crippen molar-refractivity contribution in [2.24, 2.45) is 0 Å². The zero-order chi connectivity index (χ0) is 19.5. The predicted molar refractivity (Wildman–Crippen MR) is 105 cm³/mol. The number of fused-ring (bicyclic) bond motifs is 1. The van der Waals surface area contributed by atoms with Gasteiger partial charge in [0.2, 0.25) is 0 Å². The van der Waals surface area contributed by atoms with Crippen molar-refractivity contribution in [1.29, 1.82) is 0 Å². The third-order valence-electron chi connectivity index (χ3n) is 5.61. The summed E-state index contributed by atoms with van der Waals surface area (Å²) in [6.07, 6.45) is 10.1. The van der Waals surface area contributed by atoms with Crippen LogP contribution in [0.2, 0.25) is 0 Å². The largest absolute Gasteiger partial charge is 0.390 e. The van der Waals surface area contributed by atoms with Gasteiger partial charge in [-0.2, -0.15) is 0 Å². The smallest absolute Gasteiger partial charge is 0.131 e. The molecular weight excluding hydrogens is 328 g/mol. The molecule has 0 spiro atoms. The number of allylic oxidation sites excluding steroid dienone is 3. The molecule has 2 rings (SSSR count). The lowest BCUT2D eigenvalue weighted by Gasteiger charge is -2.24. The van der Waals surface area contributed by atoms with E-state index in [0.29, 0.717) is 6.42 Å². The number of aliphatic hydroxyl groups excluding tert-OH is 2. The van der Waals surface area contributed by atoms with Crippen molar-refractivity contribution < 1.29 is 20.1 Å². The molecule has 1 fully saturated rings. The Balaban J connectivity index is 1.75. The van der Waals surface area contributed by atoms with Crippen LogP contribution in [0.3, 0.4) is 0 Å². The zero-order valence-electron chi connectivity index (χ0n) is 17.0. The van der Waals surface area contributed by atoms with Crippen molar-refractivity contribution in [1.82, 2.24) is 0 Å². The van der Waals surface area contributed by atoms with E-state index in [-0.39, 0.29) is 6.10 Å². The van der Waals surface area contributed by atoms with Gasteiger partial charge in [-0.05, 0) is 72.3 Å². The first-order valence-electron chi connectivity index (χ1n) is 9.81. The molecule has 1 aliphatic heterocycles. The minimum Gasteiger partial charge on any atom is -0.390 e. The van der Waals surface area contributed by atoms with Crippen LogP contribution in [-0.4, -0.2) is 44.8 Å². The molecule has 0 aromatic carbocycles. The van der Waals surface area contributed by atoms with E-state index in [9.17, 15) is 15.3 Å². The van der Waals surface area contributed by atoms with Gasteiger partial charge in [0.05, 0.1) is 5.60 Å². The molecule has 4 heteroatoms. The highest BCUT2D eigenvalue weighted by Crippen LogP contribution is 2.50. The van der Waals surface area contributed by atoms with Gasteiger partial charge in [0.15, 0.2) is 0 Å². The van der Waals surface area contributed by atoms with Gasteiger partial charge in [0.1, 0.15) is 23.9 Å². The van der Waals surface area contributed by atoms with Crippen LogP contribution >= 0.6 is 0 Å². The van der Waals surface area contributed by atoms with E-state index in [2.05, 4.69) is 26.0 Å². The predicted octanol–water partition coefficient (Wildman–Crippen LogP) is 3.81. The van der Waals surface area contributed by atoms with Crippen LogP contribution in [-0.2, 0) is 4.74 Å². The maximum Gasteiger partial charge on any atom is 0.131 e. The van der Waals surface area contributed by atoms with Crippen molar-refractivity contribution in [3.8, 4) is 0 Å². The lowest BCUT2D eigenvalue weighted by atomic mass is 9.83. The summed E-state index contributed by atoms with van der Waals surface area (Å²) in [7, 11) is 0. The molecule has 0 saturated carbocycles. The Morgan fingerprint density at radius 2 is 1.85 bits per heavy atom. The number of hydrogen-bond donors (Lipinski definition) is 3. The summed E-state index contributed by atoms with van der Waals surface area (Å²) in [5.41, 5.74) is 2.25. The topological polar surface area (TPSA) is 73.2 Å². The molecule has 2 aliphatic rings. The number of hydrogen-bond acceptors (Lipinski definition) is 4. The van der Waals surface area contributed by atoms with Gasteiger partial charge < -0.3 is 20.1 Å². The number of epoxide rings is 1. The minimum absolute atomic E-state index is 0.274. The van der Waals surface area contributed by atoms with E-state index >= 15 is 0 Å². The Hall–Kier alpha value is -0.940. The van der Waals surface area contributed by atoms with Gasteiger partial charge in [-0.25, -0.2) is 0 Å². The molecule has 4 atom stereocenters. The van der Waals surface area contributed by atoms with Crippen LogP contribution < -0.4 is 0 Å². The minimum atomic E-state index is -0.641. The van der Waals surface area contributed by atoms with Crippen LogP contribution in [0, 0.1) is 0 Å². The summed E-state index contributed by atoms with van der Waals surface area (Å²) in [5, 5.41) is 30.1. The summed E-state index contributed by atoms with van der Waals surface area (Å²) in [6.45, 7) is 9.80. The fraction of sp³-hybridized carbons (Fsp3) is 0.727. The molecule has 0 unspecified atom stereocenters. The molecule has 0 aromatic heterocycles. The monoisotopic (exact) mass is 364 g/mol. The molecule has 1 saturated heterocycles. The van der Waals surface area contributed by atoms with Crippen molar-refractivity contribution in [2.75, 3.05) is 0 Å². The average Bonchev–Trinajstić information content (AvgIpc) is 3.26. The third kappa shape index (κ3) is 5.53. The quantitative estimate of drug-likeness (QED) is 0.430. The van der Waals surface area contributed by atoms with Crippen molar-refractivity contribution in [3.05, 3.63) is 34.9 Å². The van der Waals surface area contributed by atoms with E-state index < -0.39 is 23.4 Å². The second-order valence-electron chi connectivity index (χ2n) is 8.80. The van der Waals surface area contributed by atoms with Gasteiger partial charge in [-0.15, -0.1) is 0 Å². The summed E-state index contributed by atoms with van der Waals surface area (Å²) in [6, 6.07) is 0. The molecule has 1 aliphatic carbocycles. The Morgan fingerprint density at radius 3 is 2.50 bits per heavy atom. The summed E-state index contributed by atoms with van der Waals surface area (Å²) in [4.78, 5) is 0. The first kappa shape index (κ1) is 21.4. The van der Waals surface area contributed by atoms with E-state index in [1.54, 1.807) is 6.08 Å². The van der Waals surface area contributed by atoms with E-state index in [4.69, 9.17) is 4.74 Å². The highest BCUT2D eigenvalue weighted by molar-refractivity contribution is 5.31. The maximum absolute atomic E-state index is 10.3. The average molecular weight is 365 g/mol. The van der Waals surface area contributed by atoms with Gasteiger partial charge >= 0.3 is 0 Å². The first-order valence-corrected chi connectivity index (χ1v) is 9.81. The van der Waals surface area contributed by atoms with Crippen LogP contribution in [0.25, 0.3) is 0 Å². The van der Waals surface area contributed by atoms with Gasteiger partial charge in [0.25, 0.3) is 0 Å². The second kappa shape index (κ2) is 8.39. The van der Waals surface area contributed by atoms with Gasteiger partial charge in [0, 0.05) is 6.42 Å². The van der Waals surface area contributed by atoms with Crippen molar-refractivity contribution >= 4 is 0 Å². The number of ether oxygens (including phenoxy) is 1. The maximum atomic E-state index is 10.3. The van der Waals surface area contributed by atoms with Crippen molar-refractivity contribution in [3.63, 3.8) is 0 Å². The molecule has 0 amide bonds. The second-order valence-corrected chi connectivity index (χ2v) is 8.80. The highest BCUT2D eigenvalue weighted by atomic mass is 16.6. The number of rotatable bonds is 9. The molecular formula is C22H36O4. The Morgan fingerprint density at radius 1 is 1.19 bits per heavy atom. The Bertz CT molecular complexity index is 581. The van der Waals surface area contributed by atoms with E-state index in [1.165, 1.54) is 11.1 Å². The fourth-order valence-corrected chi connectivity index (χ4v) is 3.67. The lowest BCUT2D eigenvalue weighted by Crippen LogP contribution is -2.39. The SMILES string of the molecule is CC(=CC[C@]12O[C@H]1[C@H](O)C(C)=C[C@H]2O)CCC=C(C)CCCC(C)(C)O. The molecule has 1 heterocycles. The molecule has 26 heavy (non-hydrogen) atoms. The molecule has 4 nitrogen and oxygen atoms in total. The third-order valence-corrected chi connectivity index (χ3v) is 5.61. The van der Waals surface area contributed by atoms with Crippen LogP contribution in [0.15, 0.2) is 34.9 Å². The van der Waals surface area contributed by atoms with Crippen LogP contribution in [0.4, 0.5) is 0 Å². The summed E-state index contributed by atoms with van der Waals surface area (Å²) < 4.78 is 5.70. The van der Waals surface area contributed by atoms with Crippen LogP contribution in [0.1, 0.15) is 73.1 Å². The molecule has 0 bridgehead atoms. The van der Waals surface area contributed by atoms with Gasteiger partial charge in [-0.1, -0.05) is 29.4 Å². The molecule has 3 N–H and O–H groups in total. The zero-order valence-corrected chi connectivity index (χ0v) is 17.0. The van der Waals surface area contributed by atoms with E-state index in [1.807, 2.05) is 20.8 Å². The molecule has 148 valence electrons. The highest BCUT2D eigenvalue weighted by Gasteiger charge is 2.65. The van der Waals surface area contributed by atoms with E-state index in [0.717, 1.165) is 37.7 Å². The molecule has 0 aromatic rings. The fourth-order valence-electron chi connectivity index (χ4n) is 3.67. The Kier molecular flexibility index (Phi) is 6.89. The lowest BCUT2D eigenvalue weighted by molar-refractivity contribution is 0.0689. The summed E-state index contributed by atoms with van der Waals surface area (Å²) >= 11 is 0. The van der Waals surface area contributed by atoms with Gasteiger partial charge in [-0.3, -0.25) is 0 Å². The number of aliphatic hydroxyl groups is 3. The Labute approximate surface area is 158 Å². The van der Waals surface area contributed by atoms with Crippen LogP contribution in [0.5, 0.6) is 0 Å². The van der Waals surface area contributed by atoms with Crippen molar-refractivity contribution in [2.45, 2.75) is 103 Å².